The topological polar surface area (TPSA) is 24.7 Å². The molecule has 1 aliphatic rings. The summed E-state index contributed by atoms with van der Waals surface area (Å²) in [5.74, 6) is 0. The molecule has 8 heavy (non-hydrogen) atoms. The van der Waals surface area contributed by atoms with Crippen LogP contribution in [0.5, 0.6) is 0 Å². The minimum absolute atomic E-state index is 0.0625. The largest absolute Gasteiger partial charge is 0.192 e. The highest BCUT2D eigenvalue weighted by Gasteiger charge is 2.46. The zero-order valence-electron chi connectivity index (χ0n) is 5.89. The minimum Gasteiger partial charge on any atom is -0.159 e. The zero-order valence-corrected chi connectivity index (χ0v) is 5.89. The SMILES string of the molecule is CC(C)(C)C1(C)N=N1. The van der Waals surface area contributed by atoms with E-state index in [0.29, 0.717) is 0 Å². The molecule has 0 aliphatic carbocycles. The van der Waals surface area contributed by atoms with Gasteiger partial charge in [0.2, 0.25) is 0 Å². The third-order valence-electron chi connectivity index (χ3n) is 1.82. The van der Waals surface area contributed by atoms with Crippen LogP contribution in [0.25, 0.3) is 0 Å². The minimum atomic E-state index is -0.0625. The van der Waals surface area contributed by atoms with Crippen LogP contribution in [0.2, 0.25) is 0 Å². The first kappa shape index (κ1) is 5.73. The number of hydrogen-bond donors (Lipinski definition) is 0. The molecule has 2 heteroatoms. The summed E-state index contributed by atoms with van der Waals surface area (Å²) in [4.78, 5) is 0. The summed E-state index contributed by atoms with van der Waals surface area (Å²) in [6.07, 6.45) is 0. The molecule has 2 nitrogen and oxygen atoms in total. The molecule has 1 heterocycles. The zero-order chi connectivity index (χ0) is 6.41. The quantitative estimate of drug-likeness (QED) is 0.459. The Morgan fingerprint density at radius 2 is 1.50 bits per heavy atom. The Labute approximate surface area is 50.0 Å². The van der Waals surface area contributed by atoms with Gasteiger partial charge in [-0.05, 0) is 6.92 Å². The molecule has 0 saturated carbocycles. The fraction of sp³-hybridized carbons (Fsp3) is 1.00. The lowest BCUT2D eigenvalue weighted by molar-refractivity contribution is 0.295. The van der Waals surface area contributed by atoms with Gasteiger partial charge in [-0.2, -0.15) is 10.2 Å². The van der Waals surface area contributed by atoms with Crippen LogP contribution in [-0.2, 0) is 0 Å². The Bertz CT molecular complexity index is 121. The van der Waals surface area contributed by atoms with Gasteiger partial charge in [0.1, 0.15) is 0 Å². The summed E-state index contributed by atoms with van der Waals surface area (Å²) in [5.41, 5.74) is 0.153. The lowest BCUT2D eigenvalue weighted by atomic mass is 9.85. The molecule has 0 atom stereocenters. The van der Waals surface area contributed by atoms with Crippen molar-refractivity contribution in [1.82, 2.24) is 0 Å². The van der Waals surface area contributed by atoms with Crippen molar-refractivity contribution in [3.63, 3.8) is 0 Å². The monoisotopic (exact) mass is 112 g/mol. The first-order chi connectivity index (χ1) is 3.46. The molecule has 0 bridgehead atoms. The van der Waals surface area contributed by atoms with E-state index in [4.69, 9.17) is 0 Å². The Kier molecular flexibility index (Phi) is 0.802. The maximum absolute atomic E-state index is 3.93. The second-order valence-corrected chi connectivity index (χ2v) is 3.47. The van der Waals surface area contributed by atoms with Gasteiger partial charge in [0, 0.05) is 5.41 Å². The predicted molar refractivity (Wildman–Crippen MR) is 32.7 cm³/mol. The first-order valence-electron chi connectivity index (χ1n) is 2.90. The van der Waals surface area contributed by atoms with E-state index in [1.54, 1.807) is 0 Å². The van der Waals surface area contributed by atoms with E-state index >= 15 is 0 Å². The van der Waals surface area contributed by atoms with Crippen LogP contribution in [0.3, 0.4) is 0 Å². The smallest absolute Gasteiger partial charge is 0.159 e. The molecule has 0 aromatic carbocycles. The van der Waals surface area contributed by atoms with Gasteiger partial charge in [0.15, 0.2) is 5.66 Å². The molecule has 0 saturated heterocycles. The van der Waals surface area contributed by atoms with Crippen molar-refractivity contribution in [2.75, 3.05) is 0 Å². The van der Waals surface area contributed by atoms with Crippen LogP contribution in [0, 0.1) is 5.41 Å². The molecule has 0 unspecified atom stereocenters. The Balaban J connectivity index is 2.61. The van der Waals surface area contributed by atoms with Crippen LogP contribution >= 0.6 is 0 Å². The molecular weight excluding hydrogens is 100 g/mol. The molecule has 0 fully saturated rings. The van der Waals surface area contributed by atoms with Gasteiger partial charge in [0.25, 0.3) is 0 Å². The number of nitrogens with zero attached hydrogens (tertiary/aromatic N) is 2. The predicted octanol–water partition coefficient (Wildman–Crippen LogP) is 2.21. The Morgan fingerprint density at radius 1 is 1.12 bits per heavy atom. The summed E-state index contributed by atoms with van der Waals surface area (Å²) in [5, 5.41) is 7.86. The van der Waals surface area contributed by atoms with Crippen molar-refractivity contribution in [3.05, 3.63) is 0 Å². The molecule has 0 aromatic rings. The highest BCUT2D eigenvalue weighted by atomic mass is 15.4. The maximum Gasteiger partial charge on any atom is 0.192 e. The van der Waals surface area contributed by atoms with Gasteiger partial charge in [-0.1, -0.05) is 20.8 Å². The summed E-state index contributed by atoms with van der Waals surface area (Å²) in [6, 6.07) is 0. The third kappa shape index (κ3) is 0.641. The lowest BCUT2D eigenvalue weighted by Gasteiger charge is -2.21. The van der Waals surface area contributed by atoms with Crippen LogP contribution in [0.4, 0.5) is 0 Å². The third-order valence-corrected chi connectivity index (χ3v) is 1.82. The van der Waals surface area contributed by atoms with Crippen LogP contribution in [0.15, 0.2) is 10.2 Å². The molecular formula is C6H12N2. The van der Waals surface area contributed by atoms with E-state index < -0.39 is 0 Å². The van der Waals surface area contributed by atoms with E-state index in [-0.39, 0.29) is 11.1 Å². The Hall–Kier alpha value is -0.400. The van der Waals surface area contributed by atoms with Crippen molar-refractivity contribution in [2.24, 2.45) is 15.6 Å². The first-order valence-corrected chi connectivity index (χ1v) is 2.90. The number of rotatable bonds is 0. The summed E-state index contributed by atoms with van der Waals surface area (Å²) in [6.45, 7) is 8.49. The maximum atomic E-state index is 3.93. The molecule has 0 spiro atoms. The van der Waals surface area contributed by atoms with Gasteiger partial charge in [-0.25, -0.2) is 0 Å². The van der Waals surface area contributed by atoms with Crippen molar-refractivity contribution < 1.29 is 0 Å². The van der Waals surface area contributed by atoms with Gasteiger partial charge < -0.3 is 0 Å². The summed E-state index contributed by atoms with van der Waals surface area (Å²) in [7, 11) is 0. The molecule has 0 N–H and O–H groups in total. The fourth-order valence-corrected chi connectivity index (χ4v) is 0.375. The average Bonchev–Trinajstić information content (AvgIpc) is 2.16. The fourth-order valence-electron chi connectivity index (χ4n) is 0.375. The Morgan fingerprint density at radius 3 is 1.50 bits per heavy atom. The van der Waals surface area contributed by atoms with Crippen molar-refractivity contribution in [2.45, 2.75) is 33.4 Å². The van der Waals surface area contributed by atoms with E-state index in [0.717, 1.165) is 0 Å². The second-order valence-electron chi connectivity index (χ2n) is 3.47. The highest BCUT2D eigenvalue weighted by molar-refractivity contribution is 4.98. The van der Waals surface area contributed by atoms with Crippen molar-refractivity contribution >= 4 is 0 Å². The summed E-state index contributed by atoms with van der Waals surface area (Å²) < 4.78 is 0. The van der Waals surface area contributed by atoms with Crippen molar-refractivity contribution in [1.29, 1.82) is 0 Å². The van der Waals surface area contributed by atoms with Gasteiger partial charge in [-0.15, -0.1) is 0 Å². The van der Waals surface area contributed by atoms with E-state index in [2.05, 4.69) is 31.0 Å². The standard InChI is InChI=1S/C6H12N2/c1-5(2,3)6(4)7-8-6/h1-4H3. The van der Waals surface area contributed by atoms with E-state index in [1.165, 1.54) is 0 Å². The van der Waals surface area contributed by atoms with Crippen LogP contribution in [0.1, 0.15) is 27.7 Å². The normalized spacial score (nSPS) is 23.5. The summed E-state index contributed by atoms with van der Waals surface area (Å²) >= 11 is 0. The molecule has 1 aliphatic heterocycles. The number of hydrogen-bond acceptors (Lipinski definition) is 2. The van der Waals surface area contributed by atoms with Gasteiger partial charge >= 0.3 is 0 Å². The van der Waals surface area contributed by atoms with Gasteiger partial charge in [-0.3, -0.25) is 0 Å². The van der Waals surface area contributed by atoms with Crippen LogP contribution < -0.4 is 0 Å². The van der Waals surface area contributed by atoms with Crippen LogP contribution in [-0.4, -0.2) is 5.66 Å². The molecule has 1 rings (SSSR count). The van der Waals surface area contributed by atoms with E-state index in [9.17, 15) is 0 Å². The van der Waals surface area contributed by atoms with E-state index in [1.807, 2.05) is 6.92 Å². The average molecular weight is 112 g/mol. The molecule has 0 radical (unpaired) electrons. The van der Waals surface area contributed by atoms with Crippen molar-refractivity contribution in [3.8, 4) is 0 Å². The molecule has 0 amide bonds. The lowest BCUT2D eigenvalue weighted by Crippen LogP contribution is -2.25. The van der Waals surface area contributed by atoms with Gasteiger partial charge in [0.05, 0.1) is 0 Å². The molecule has 46 valence electrons. The molecule has 0 aromatic heterocycles. The second kappa shape index (κ2) is 1.12. The highest BCUT2D eigenvalue weighted by Crippen LogP contribution is 2.43.